The number of carboxylic acid groups (broad SMARTS) is 1. The minimum atomic E-state index is -0.861. The summed E-state index contributed by atoms with van der Waals surface area (Å²) in [5, 5.41) is 11.9. The molecule has 1 saturated carbocycles. The predicted molar refractivity (Wildman–Crippen MR) is 81.8 cm³/mol. The Bertz CT molecular complexity index is 557. The van der Waals surface area contributed by atoms with Crippen LogP contribution < -0.4 is 5.32 Å². The maximum Gasteiger partial charge on any atom is 0.305 e. The Kier molecular flexibility index (Phi) is 4.78. The average molecular weight is 287 g/mol. The predicted octanol–water partition coefficient (Wildman–Crippen LogP) is 2.91. The number of hydrogen-bond acceptors (Lipinski definition) is 2. The molecule has 0 unspecified atom stereocenters. The molecule has 2 N–H and O–H groups in total. The van der Waals surface area contributed by atoms with Crippen LogP contribution in [-0.2, 0) is 9.59 Å². The Balaban J connectivity index is 2.01. The standard InChI is InChI=1S/C17H21NO3/c1-13-5-4-6-14(11-13)7-8-15(19)18-17(12-16(20)21)9-2-3-10-17/h4-8,11H,2-3,9-10,12H2,1H3,(H,18,19)(H,20,21). The fourth-order valence-electron chi connectivity index (χ4n) is 2.94. The molecule has 21 heavy (non-hydrogen) atoms. The summed E-state index contributed by atoms with van der Waals surface area (Å²) < 4.78 is 0. The third-order valence-corrected chi connectivity index (χ3v) is 3.91. The normalized spacial score (nSPS) is 17.0. The largest absolute Gasteiger partial charge is 0.481 e. The molecule has 1 aliphatic carbocycles. The number of amides is 1. The molecule has 1 aromatic rings. The number of benzene rings is 1. The lowest BCUT2D eigenvalue weighted by Crippen LogP contribution is -2.47. The van der Waals surface area contributed by atoms with Crippen LogP contribution in [0.1, 0.15) is 43.2 Å². The summed E-state index contributed by atoms with van der Waals surface area (Å²) in [7, 11) is 0. The second-order valence-electron chi connectivity index (χ2n) is 5.79. The van der Waals surface area contributed by atoms with Gasteiger partial charge >= 0.3 is 5.97 Å². The first-order valence-corrected chi connectivity index (χ1v) is 7.28. The molecule has 0 aliphatic heterocycles. The van der Waals surface area contributed by atoms with Gasteiger partial charge in [0.05, 0.1) is 12.0 Å². The van der Waals surface area contributed by atoms with Crippen molar-refractivity contribution in [3.63, 3.8) is 0 Å². The fourth-order valence-corrected chi connectivity index (χ4v) is 2.94. The summed E-state index contributed by atoms with van der Waals surface area (Å²) in [5.74, 6) is -1.08. The highest BCUT2D eigenvalue weighted by Gasteiger charge is 2.36. The zero-order valence-corrected chi connectivity index (χ0v) is 12.3. The van der Waals surface area contributed by atoms with E-state index in [9.17, 15) is 9.59 Å². The van der Waals surface area contributed by atoms with Crippen LogP contribution in [0, 0.1) is 6.92 Å². The van der Waals surface area contributed by atoms with Gasteiger partial charge in [-0.1, -0.05) is 42.7 Å². The van der Waals surface area contributed by atoms with Crippen molar-refractivity contribution in [1.82, 2.24) is 5.32 Å². The molecule has 112 valence electrons. The van der Waals surface area contributed by atoms with Gasteiger partial charge in [0.25, 0.3) is 0 Å². The van der Waals surface area contributed by atoms with Crippen LogP contribution >= 0.6 is 0 Å². The summed E-state index contributed by atoms with van der Waals surface area (Å²) in [6.07, 6.45) is 6.65. The third-order valence-electron chi connectivity index (χ3n) is 3.91. The van der Waals surface area contributed by atoms with Crippen molar-refractivity contribution in [3.8, 4) is 0 Å². The number of carboxylic acids is 1. The molecule has 1 aromatic carbocycles. The van der Waals surface area contributed by atoms with E-state index in [1.807, 2.05) is 31.2 Å². The fraction of sp³-hybridized carbons (Fsp3) is 0.412. The van der Waals surface area contributed by atoms with E-state index in [2.05, 4.69) is 5.32 Å². The minimum absolute atomic E-state index is 0.00295. The molecule has 1 amide bonds. The number of aryl methyl sites for hydroxylation is 1. The zero-order valence-electron chi connectivity index (χ0n) is 12.3. The Morgan fingerprint density at radius 3 is 2.67 bits per heavy atom. The first-order valence-electron chi connectivity index (χ1n) is 7.28. The first kappa shape index (κ1) is 15.3. The van der Waals surface area contributed by atoms with Crippen LogP contribution in [0.25, 0.3) is 6.08 Å². The number of carbonyl (C=O) groups is 2. The van der Waals surface area contributed by atoms with E-state index in [1.165, 1.54) is 6.08 Å². The van der Waals surface area contributed by atoms with E-state index in [4.69, 9.17) is 5.11 Å². The highest BCUT2D eigenvalue weighted by molar-refractivity contribution is 5.92. The van der Waals surface area contributed by atoms with Gasteiger partial charge in [0, 0.05) is 6.08 Å². The number of aliphatic carboxylic acids is 1. The highest BCUT2D eigenvalue weighted by Crippen LogP contribution is 2.32. The number of carbonyl (C=O) groups excluding carboxylic acids is 1. The van der Waals surface area contributed by atoms with Gasteiger partial charge in [-0.15, -0.1) is 0 Å². The van der Waals surface area contributed by atoms with Crippen LogP contribution in [0.4, 0.5) is 0 Å². The molecular weight excluding hydrogens is 266 g/mol. The van der Waals surface area contributed by atoms with E-state index in [0.29, 0.717) is 0 Å². The van der Waals surface area contributed by atoms with E-state index in [1.54, 1.807) is 6.08 Å². The Labute approximate surface area is 124 Å². The molecule has 0 radical (unpaired) electrons. The Morgan fingerprint density at radius 2 is 2.05 bits per heavy atom. The Hall–Kier alpha value is -2.10. The van der Waals surface area contributed by atoms with Crippen molar-refractivity contribution in [2.75, 3.05) is 0 Å². The van der Waals surface area contributed by atoms with Gasteiger partial charge in [-0.2, -0.15) is 0 Å². The van der Waals surface area contributed by atoms with Gasteiger partial charge in [0.2, 0.25) is 5.91 Å². The maximum absolute atomic E-state index is 12.1. The molecule has 1 fully saturated rings. The van der Waals surface area contributed by atoms with Crippen molar-refractivity contribution >= 4 is 18.0 Å². The smallest absolute Gasteiger partial charge is 0.305 e. The monoisotopic (exact) mass is 287 g/mol. The summed E-state index contributed by atoms with van der Waals surface area (Å²) in [6, 6.07) is 7.86. The number of nitrogens with one attached hydrogen (secondary N) is 1. The lowest BCUT2D eigenvalue weighted by Gasteiger charge is -2.28. The Morgan fingerprint density at radius 1 is 1.33 bits per heavy atom. The van der Waals surface area contributed by atoms with Crippen molar-refractivity contribution < 1.29 is 14.7 Å². The van der Waals surface area contributed by atoms with Gasteiger partial charge in [0.1, 0.15) is 0 Å². The topological polar surface area (TPSA) is 66.4 Å². The highest BCUT2D eigenvalue weighted by atomic mass is 16.4. The van der Waals surface area contributed by atoms with Crippen LogP contribution in [0.15, 0.2) is 30.3 Å². The molecular formula is C17H21NO3. The van der Waals surface area contributed by atoms with Crippen LogP contribution in [-0.4, -0.2) is 22.5 Å². The summed E-state index contributed by atoms with van der Waals surface area (Å²) in [6.45, 7) is 2.00. The SMILES string of the molecule is Cc1cccc(C=CC(=O)NC2(CC(=O)O)CCCC2)c1. The van der Waals surface area contributed by atoms with Gasteiger partial charge in [-0.3, -0.25) is 9.59 Å². The van der Waals surface area contributed by atoms with E-state index < -0.39 is 11.5 Å². The van der Waals surface area contributed by atoms with E-state index in [0.717, 1.165) is 36.8 Å². The van der Waals surface area contributed by atoms with Crippen molar-refractivity contribution in [3.05, 3.63) is 41.5 Å². The molecule has 0 atom stereocenters. The van der Waals surface area contributed by atoms with E-state index >= 15 is 0 Å². The maximum atomic E-state index is 12.1. The zero-order chi connectivity index (χ0) is 15.3. The number of hydrogen-bond donors (Lipinski definition) is 2. The van der Waals surface area contributed by atoms with Crippen LogP contribution in [0.5, 0.6) is 0 Å². The molecule has 0 bridgehead atoms. The molecule has 1 aliphatic rings. The summed E-state index contributed by atoms with van der Waals surface area (Å²) in [4.78, 5) is 23.0. The first-order chi connectivity index (χ1) is 9.99. The summed E-state index contributed by atoms with van der Waals surface area (Å²) in [5.41, 5.74) is 1.53. The molecule has 0 aromatic heterocycles. The molecule has 4 heteroatoms. The van der Waals surface area contributed by atoms with Gasteiger partial charge in [0.15, 0.2) is 0 Å². The van der Waals surface area contributed by atoms with Crippen molar-refractivity contribution in [1.29, 1.82) is 0 Å². The lowest BCUT2D eigenvalue weighted by atomic mass is 9.93. The van der Waals surface area contributed by atoms with Gasteiger partial charge in [-0.25, -0.2) is 0 Å². The lowest BCUT2D eigenvalue weighted by molar-refractivity contribution is -0.139. The van der Waals surface area contributed by atoms with Crippen LogP contribution in [0.2, 0.25) is 0 Å². The van der Waals surface area contributed by atoms with Crippen LogP contribution in [0.3, 0.4) is 0 Å². The molecule has 4 nitrogen and oxygen atoms in total. The third kappa shape index (κ3) is 4.45. The summed E-state index contributed by atoms with van der Waals surface area (Å²) >= 11 is 0. The average Bonchev–Trinajstić information content (AvgIpc) is 2.83. The van der Waals surface area contributed by atoms with Gasteiger partial charge in [-0.05, 0) is 31.4 Å². The quantitative estimate of drug-likeness (QED) is 0.818. The second-order valence-corrected chi connectivity index (χ2v) is 5.79. The van der Waals surface area contributed by atoms with E-state index in [-0.39, 0.29) is 12.3 Å². The second kappa shape index (κ2) is 6.57. The number of rotatable bonds is 5. The molecule has 0 saturated heterocycles. The molecule has 0 heterocycles. The van der Waals surface area contributed by atoms with Crippen molar-refractivity contribution in [2.45, 2.75) is 44.6 Å². The van der Waals surface area contributed by atoms with Crippen molar-refractivity contribution in [2.24, 2.45) is 0 Å². The van der Waals surface area contributed by atoms with Gasteiger partial charge < -0.3 is 10.4 Å². The molecule has 2 rings (SSSR count). The molecule has 0 spiro atoms. The minimum Gasteiger partial charge on any atom is -0.481 e.